The van der Waals surface area contributed by atoms with Gasteiger partial charge in [-0.3, -0.25) is 0 Å². The van der Waals surface area contributed by atoms with E-state index >= 15 is 0 Å². The topological polar surface area (TPSA) is 59.1 Å². The van der Waals surface area contributed by atoms with Crippen molar-refractivity contribution < 1.29 is 4.74 Å². The van der Waals surface area contributed by atoms with Crippen LogP contribution in [0.1, 0.15) is 11.3 Å². The molecule has 0 fully saturated rings. The van der Waals surface area contributed by atoms with E-state index in [1.165, 1.54) is 5.56 Å². The first kappa shape index (κ1) is 18.0. The number of nitrogens with zero attached hydrogens (tertiary/aromatic N) is 2. The van der Waals surface area contributed by atoms with Crippen LogP contribution in [0.5, 0.6) is 5.75 Å². The Morgan fingerprint density at radius 1 is 1.04 bits per heavy atom. The van der Waals surface area contributed by atoms with Crippen LogP contribution < -0.4 is 15.4 Å². The van der Waals surface area contributed by atoms with E-state index in [0.717, 1.165) is 40.9 Å². The zero-order chi connectivity index (χ0) is 18.4. The van der Waals surface area contributed by atoms with Crippen molar-refractivity contribution in [1.82, 2.24) is 9.97 Å². The molecule has 0 aliphatic carbocycles. The Bertz CT molecular complexity index is 868. The summed E-state index contributed by atoms with van der Waals surface area (Å²) in [5.74, 6) is 2.06. The minimum Gasteiger partial charge on any atom is -0.495 e. The molecule has 3 rings (SSSR count). The number of hydrogen-bond acceptors (Lipinski definition) is 5. The van der Waals surface area contributed by atoms with Crippen LogP contribution in [0.3, 0.4) is 0 Å². The monoisotopic (exact) mass is 368 g/mol. The Hall–Kier alpha value is -2.79. The summed E-state index contributed by atoms with van der Waals surface area (Å²) in [5, 5.41) is 7.32. The molecule has 3 aromatic rings. The molecule has 0 unspecified atom stereocenters. The summed E-state index contributed by atoms with van der Waals surface area (Å²) in [5.41, 5.74) is 2.93. The standard InChI is InChI=1S/C20H21ClN4O/c1-14-13-19(22-12-11-15-7-9-16(21)10-8-15)25-20(23-14)24-17-5-3-4-6-18(17)26-2/h3-10,13H,11-12H2,1-2H3,(H2,22,23,24,25). The van der Waals surface area contributed by atoms with E-state index in [2.05, 4.69) is 20.6 Å². The number of nitrogens with one attached hydrogen (secondary N) is 2. The lowest BCUT2D eigenvalue weighted by Gasteiger charge is -2.12. The van der Waals surface area contributed by atoms with E-state index in [0.29, 0.717) is 5.95 Å². The second kappa shape index (κ2) is 8.54. The van der Waals surface area contributed by atoms with Crippen molar-refractivity contribution in [3.05, 3.63) is 70.9 Å². The second-order valence-electron chi connectivity index (χ2n) is 5.85. The lowest BCUT2D eigenvalue weighted by molar-refractivity contribution is 0.417. The molecule has 6 heteroatoms. The Morgan fingerprint density at radius 2 is 1.81 bits per heavy atom. The molecule has 1 aromatic heterocycles. The third-order valence-electron chi connectivity index (χ3n) is 3.84. The van der Waals surface area contributed by atoms with Gasteiger partial charge in [-0.15, -0.1) is 0 Å². The van der Waals surface area contributed by atoms with Crippen molar-refractivity contribution in [3.8, 4) is 5.75 Å². The van der Waals surface area contributed by atoms with Crippen molar-refractivity contribution in [2.45, 2.75) is 13.3 Å². The highest BCUT2D eigenvalue weighted by Crippen LogP contribution is 2.26. The van der Waals surface area contributed by atoms with Crippen LogP contribution in [0.2, 0.25) is 5.02 Å². The van der Waals surface area contributed by atoms with Gasteiger partial charge in [-0.05, 0) is 43.2 Å². The molecule has 5 nitrogen and oxygen atoms in total. The van der Waals surface area contributed by atoms with Gasteiger partial charge in [0.2, 0.25) is 5.95 Å². The largest absolute Gasteiger partial charge is 0.495 e. The third kappa shape index (κ3) is 4.86. The van der Waals surface area contributed by atoms with E-state index in [1.54, 1.807) is 7.11 Å². The molecule has 0 radical (unpaired) electrons. The number of methoxy groups -OCH3 is 1. The van der Waals surface area contributed by atoms with Crippen LogP contribution in [-0.4, -0.2) is 23.6 Å². The van der Waals surface area contributed by atoms with Gasteiger partial charge in [-0.1, -0.05) is 35.9 Å². The maximum atomic E-state index is 5.92. The number of para-hydroxylation sites is 2. The van der Waals surface area contributed by atoms with E-state index in [1.807, 2.05) is 61.5 Å². The molecule has 2 aromatic carbocycles. The maximum Gasteiger partial charge on any atom is 0.229 e. The molecule has 0 aliphatic heterocycles. The molecule has 0 amide bonds. The number of aryl methyl sites for hydroxylation is 1. The fraction of sp³-hybridized carbons (Fsp3) is 0.200. The molecular weight excluding hydrogens is 348 g/mol. The quantitative estimate of drug-likeness (QED) is 0.624. The van der Waals surface area contributed by atoms with Crippen LogP contribution in [0.15, 0.2) is 54.6 Å². The van der Waals surface area contributed by atoms with E-state index in [4.69, 9.17) is 16.3 Å². The number of benzene rings is 2. The number of ether oxygens (including phenoxy) is 1. The highest BCUT2D eigenvalue weighted by molar-refractivity contribution is 6.30. The first-order valence-electron chi connectivity index (χ1n) is 8.38. The van der Waals surface area contributed by atoms with Gasteiger partial charge < -0.3 is 15.4 Å². The highest BCUT2D eigenvalue weighted by Gasteiger charge is 2.06. The Morgan fingerprint density at radius 3 is 2.58 bits per heavy atom. The van der Waals surface area contributed by atoms with Crippen molar-refractivity contribution in [3.63, 3.8) is 0 Å². The van der Waals surface area contributed by atoms with E-state index < -0.39 is 0 Å². The van der Waals surface area contributed by atoms with Crippen LogP contribution in [0.4, 0.5) is 17.5 Å². The van der Waals surface area contributed by atoms with Crippen LogP contribution in [0, 0.1) is 6.92 Å². The molecule has 0 atom stereocenters. The molecule has 0 spiro atoms. The molecule has 0 aliphatic rings. The van der Waals surface area contributed by atoms with Crippen molar-refractivity contribution in [2.24, 2.45) is 0 Å². The number of halogens is 1. The van der Waals surface area contributed by atoms with Gasteiger partial charge in [0.1, 0.15) is 11.6 Å². The molecule has 26 heavy (non-hydrogen) atoms. The van der Waals surface area contributed by atoms with Gasteiger partial charge in [0.05, 0.1) is 12.8 Å². The molecule has 0 saturated heterocycles. The summed E-state index contributed by atoms with van der Waals surface area (Å²) in [6.45, 7) is 2.71. The summed E-state index contributed by atoms with van der Waals surface area (Å²) in [6.07, 6.45) is 0.884. The van der Waals surface area contributed by atoms with Gasteiger partial charge in [0, 0.05) is 23.3 Å². The molecule has 0 saturated carbocycles. The minimum atomic E-state index is 0.531. The predicted octanol–water partition coefficient (Wildman–Crippen LogP) is 4.85. The fourth-order valence-corrected chi connectivity index (χ4v) is 2.70. The summed E-state index contributed by atoms with van der Waals surface area (Å²) in [7, 11) is 1.64. The first-order valence-corrected chi connectivity index (χ1v) is 8.76. The summed E-state index contributed by atoms with van der Waals surface area (Å²) < 4.78 is 5.36. The lowest BCUT2D eigenvalue weighted by Crippen LogP contribution is -2.09. The van der Waals surface area contributed by atoms with Gasteiger partial charge in [0.15, 0.2) is 0 Å². The summed E-state index contributed by atoms with van der Waals surface area (Å²) >= 11 is 5.92. The Balaban J connectivity index is 1.66. The SMILES string of the molecule is COc1ccccc1Nc1nc(C)cc(NCCc2ccc(Cl)cc2)n1. The fourth-order valence-electron chi connectivity index (χ4n) is 2.57. The normalized spacial score (nSPS) is 10.4. The van der Waals surface area contributed by atoms with Gasteiger partial charge >= 0.3 is 0 Å². The number of aromatic nitrogens is 2. The van der Waals surface area contributed by atoms with Crippen LogP contribution in [-0.2, 0) is 6.42 Å². The first-order chi connectivity index (χ1) is 12.6. The molecule has 134 valence electrons. The minimum absolute atomic E-state index is 0.531. The smallest absolute Gasteiger partial charge is 0.229 e. The lowest BCUT2D eigenvalue weighted by atomic mass is 10.1. The zero-order valence-corrected chi connectivity index (χ0v) is 15.5. The molecule has 0 bridgehead atoms. The average Bonchev–Trinajstić information content (AvgIpc) is 2.63. The molecular formula is C20H21ClN4O. The zero-order valence-electron chi connectivity index (χ0n) is 14.8. The predicted molar refractivity (Wildman–Crippen MR) is 107 cm³/mol. The Kier molecular flexibility index (Phi) is 5.92. The number of rotatable bonds is 7. The average molecular weight is 369 g/mol. The van der Waals surface area contributed by atoms with E-state index in [-0.39, 0.29) is 0 Å². The van der Waals surface area contributed by atoms with Gasteiger partial charge in [0.25, 0.3) is 0 Å². The van der Waals surface area contributed by atoms with Gasteiger partial charge in [-0.2, -0.15) is 4.98 Å². The van der Waals surface area contributed by atoms with Gasteiger partial charge in [-0.25, -0.2) is 4.98 Å². The van der Waals surface area contributed by atoms with Crippen LogP contribution >= 0.6 is 11.6 Å². The maximum absolute atomic E-state index is 5.92. The Labute approximate surface area is 158 Å². The molecule has 1 heterocycles. The third-order valence-corrected chi connectivity index (χ3v) is 4.09. The highest BCUT2D eigenvalue weighted by atomic mass is 35.5. The van der Waals surface area contributed by atoms with Crippen LogP contribution in [0.25, 0.3) is 0 Å². The van der Waals surface area contributed by atoms with Crippen molar-refractivity contribution in [1.29, 1.82) is 0 Å². The summed E-state index contributed by atoms with van der Waals surface area (Å²) in [6, 6.07) is 17.5. The summed E-state index contributed by atoms with van der Waals surface area (Å²) in [4.78, 5) is 8.99. The number of anilines is 3. The van der Waals surface area contributed by atoms with E-state index in [9.17, 15) is 0 Å². The van der Waals surface area contributed by atoms with Crippen molar-refractivity contribution >= 4 is 29.1 Å². The number of hydrogen-bond donors (Lipinski definition) is 2. The molecule has 2 N–H and O–H groups in total. The second-order valence-corrected chi connectivity index (χ2v) is 6.28. The van der Waals surface area contributed by atoms with Crippen molar-refractivity contribution in [2.75, 3.05) is 24.3 Å².